The monoisotopic (exact) mass is 915 g/mol. The number of rotatable bonds is 10. The van der Waals surface area contributed by atoms with Gasteiger partial charge in [0, 0.05) is 70.3 Å². The van der Waals surface area contributed by atoms with Crippen molar-refractivity contribution in [3.8, 4) is 21.7 Å². The summed E-state index contributed by atoms with van der Waals surface area (Å²) in [6, 6.07) is 31.5. The van der Waals surface area contributed by atoms with Gasteiger partial charge in [0.1, 0.15) is 5.58 Å². The van der Waals surface area contributed by atoms with E-state index in [1.807, 2.05) is 51.3 Å². The predicted molar refractivity (Wildman–Crippen MR) is 226 cm³/mol. The number of hydrogen-bond donors (Lipinski definition) is 1. The molecule has 7 rings (SSSR count). The molecule has 54 heavy (non-hydrogen) atoms. The van der Waals surface area contributed by atoms with Crippen molar-refractivity contribution in [2.24, 2.45) is 17.3 Å². The summed E-state index contributed by atoms with van der Waals surface area (Å²) in [6.07, 6.45) is 7.89. The fourth-order valence-corrected chi connectivity index (χ4v) is 8.72. The Morgan fingerprint density at radius 3 is 2.17 bits per heavy atom. The third-order valence-electron chi connectivity index (χ3n) is 10.4. The molecule has 0 amide bonds. The van der Waals surface area contributed by atoms with Crippen LogP contribution >= 0.6 is 11.3 Å². The molecule has 0 spiro atoms. The molecule has 0 aliphatic rings. The van der Waals surface area contributed by atoms with Crippen LogP contribution in [0.3, 0.4) is 0 Å². The molecule has 0 aliphatic heterocycles. The number of carbonyl (C=O) groups excluding carboxylic acids is 1. The van der Waals surface area contributed by atoms with Crippen molar-refractivity contribution < 1.29 is 34.4 Å². The van der Waals surface area contributed by atoms with Crippen LogP contribution in [0.1, 0.15) is 85.3 Å². The van der Waals surface area contributed by atoms with E-state index in [1.54, 1.807) is 0 Å². The van der Waals surface area contributed by atoms with Gasteiger partial charge in [-0.3, -0.25) is 4.79 Å². The average Bonchev–Trinajstić information content (AvgIpc) is 3.70. The minimum Gasteiger partial charge on any atom is -0.512 e. The fraction of sp³-hybridized carbons (Fsp3) is 0.333. The molecule has 3 aromatic heterocycles. The van der Waals surface area contributed by atoms with Gasteiger partial charge in [0.05, 0.1) is 11.3 Å². The summed E-state index contributed by atoms with van der Waals surface area (Å²) in [6.45, 7) is 17.1. The van der Waals surface area contributed by atoms with Crippen molar-refractivity contribution in [3.63, 3.8) is 0 Å². The fourth-order valence-electron chi connectivity index (χ4n) is 7.41. The minimum absolute atomic E-state index is 0. The average molecular weight is 915 g/mol. The van der Waals surface area contributed by atoms with Gasteiger partial charge in [0.25, 0.3) is 0 Å². The number of ketones is 1. The number of aliphatic hydroxyl groups excluding tert-OH is 1. The Balaban J connectivity index is 0.000000301. The molecule has 3 heterocycles. The molecule has 0 atom stereocenters. The summed E-state index contributed by atoms with van der Waals surface area (Å²) in [5.74, 6) is 0.547. The van der Waals surface area contributed by atoms with E-state index in [-0.39, 0.29) is 48.9 Å². The number of carbonyl (C=O) groups is 1. The van der Waals surface area contributed by atoms with Gasteiger partial charge in [0.2, 0.25) is 0 Å². The van der Waals surface area contributed by atoms with Crippen molar-refractivity contribution in [2.75, 3.05) is 0 Å². The van der Waals surface area contributed by atoms with E-state index in [9.17, 15) is 9.90 Å². The van der Waals surface area contributed by atoms with Crippen LogP contribution < -0.4 is 0 Å². The van der Waals surface area contributed by atoms with Crippen LogP contribution in [-0.4, -0.2) is 15.9 Å². The van der Waals surface area contributed by atoms with Crippen LogP contribution in [0, 0.1) is 30.2 Å². The molecule has 4 nitrogen and oxygen atoms in total. The van der Waals surface area contributed by atoms with Crippen LogP contribution in [0.5, 0.6) is 0 Å². The Bertz CT molecular complexity index is 2400. The number of thiophene rings is 1. The first-order valence-corrected chi connectivity index (χ1v) is 20.0. The van der Waals surface area contributed by atoms with Crippen LogP contribution in [0.15, 0.2) is 101 Å². The zero-order valence-corrected chi connectivity index (χ0v) is 36.0. The molecule has 0 saturated carbocycles. The zero-order chi connectivity index (χ0) is 37.9. The quantitative estimate of drug-likeness (QED) is 0.0843. The predicted octanol–water partition coefficient (Wildman–Crippen LogP) is 14.2. The molecule has 1 radical (unpaired) electrons. The Morgan fingerprint density at radius 2 is 1.50 bits per heavy atom. The van der Waals surface area contributed by atoms with Crippen molar-refractivity contribution in [1.29, 1.82) is 0 Å². The number of allylic oxidation sites excluding steroid dienone is 2. The van der Waals surface area contributed by atoms with Gasteiger partial charge in [0.15, 0.2) is 5.78 Å². The van der Waals surface area contributed by atoms with Gasteiger partial charge in [-0.05, 0) is 78.0 Å². The number of furan rings is 1. The number of pyridine rings is 1. The van der Waals surface area contributed by atoms with Crippen LogP contribution in [-0.2, 0) is 31.3 Å². The number of aliphatic hydroxyl groups is 1. The second-order valence-corrected chi connectivity index (χ2v) is 16.4. The van der Waals surface area contributed by atoms with Crippen LogP contribution in [0.25, 0.3) is 64.5 Å². The van der Waals surface area contributed by atoms with Crippen molar-refractivity contribution in [1.82, 2.24) is 4.98 Å². The first kappa shape index (κ1) is 41.1. The van der Waals surface area contributed by atoms with Gasteiger partial charge in [-0.2, -0.15) is 0 Å². The topological polar surface area (TPSA) is 63.3 Å². The normalized spacial score (nSPS) is 12.1. The molecule has 6 heteroatoms. The number of benzene rings is 4. The van der Waals surface area contributed by atoms with E-state index in [1.165, 1.54) is 43.1 Å². The largest absolute Gasteiger partial charge is 0.512 e. The molecule has 0 aliphatic carbocycles. The number of fused-ring (bicyclic) bond motifs is 6. The zero-order valence-electron chi connectivity index (χ0n) is 32.8. The van der Waals surface area contributed by atoms with Gasteiger partial charge in [-0.15, -0.1) is 29.5 Å². The Kier molecular flexibility index (Phi) is 13.4. The van der Waals surface area contributed by atoms with Crippen molar-refractivity contribution in [3.05, 3.63) is 114 Å². The molecule has 283 valence electrons. The number of hydrogen-bond acceptors (Lipinski definition) is 5. The Labute approximate surface area is 338 Å². The summed E-state index contributed by atoms with van der Waals surface area (Å²) < 4.78 is 7.78. The summed E-state index contributed by atoms with van der Waals surface area (Å²) in [4.78, 5) is 17.9. The Morgan fingerprint density at radius 1 is 0.833 bits per heavy atom. The van der Waals surface area contributed by atoms with E-state index < -0.39 is 0 Å². The summed E-state index contributed by atoms with van der Waals surface area (Å²) in [7, 11) is 0. The second kappa shape index (κ2) is 17.6. The molecule has 7 aromatic rings. The van der Waals surface area contributed by atoms with E-state index in [0.29, 0.717) is 0 Å². The van der Waals surface area contributed by atoms with Gasteiger partial charge in [-0.1, -0.05) is 120 Å². The van der Waals surface area contributed by atoms with E-state index >= 15 is 0 Å². The molecule has 0 bridgehead atoms. The molecule has 0 unspecified atom stereocenters. The van der Waals surface area contributed by atoms with E-state index in [4.69, 9.17) is 9.40 Å². The molecular formula is C48H52IrNO3S-. The summed E-state index contributed by atoms with van der Waals surface area (Å²) >= 11 is 1.81. The maximum absolute atomic E-state index is 11.7. The third-order valence-corrected chi connectivity index (χ3v) is 11.8. The Hall–Kier alpha value is -4.09. The first-order chi connectivity index (χ1) is 25.5. The SMILES string of the molecule is CCC(CC)C(=O)/C=C(\O)C(CC)CC.Cc1c(-c2ccc(CC(C)(C)C)cc2)sc2c(-c3[c-]ccc4c3oc3c5ccccc5ccc43)nccc12.[Ir]. The number of aromatic nitrogens is 1. The van der Waals surface area contributed by atoms with Gasteiger partial charge < -0.3 is 14.5 Å². The molecule has 1 N–H and O–H groups in total. The van der Waals surface area contributed by atoms with Crippen LogP contribution in [0.2, 0.25) is 0 Å². The third kappa shape index (κ3) is 8.57. The number of aryl methyl sites for hydroxylation is 1. The van der Waals surface area contributed by atoms with Crippen LogP contribution in [0.4, 0.5) is 0 Å². The summed E-state index contributed by atoms with van der Waals surface area (Å²) in [5, 5.41) is 15.5. The van der Waals surface area contributed by atoms with Crippen molar-refractivity contribution in [2.45, 2.75) is 87.5 Å². The first-order valence-electron chi connectivity index (χ1n) is 19.1. The maximum Gasteiger partial charge on any atom is 0.162 e. The molecule has 4 aromatic carbocycles. The molecular weight excluding hydrogens is 863 g/mol. The summed E-state index contributed by atoms with van der Waals surface area (Å²) in [5.41, 5.74) is 7.81. The maximum atomic E-state index is 11.7. The van der Waals surface area contributed by atoms with Gasteiger partial charge >= 0.3 is 0 Å². The molecule has 0 saturated heterocycles. The van der Waals surface area contributed by atoms with E-state index in [0.717, 1.165) is 70.7 Å². The minimum atomic E-state index is 0. The van der Waals surface area contributed by atoms with Crippen molar-refractivity contribution >= 4 is 59.9 Å². The van der Waals surface area contributed by atoms with Gasteiger partial charge in [-0.25, -0.2) is 0 Å². The second-order valence-electron chi connectivity index (χ2n) is 15.4. The number of nitrogens with zero attached hydrogens (tertiary/aromatic N) is 1. The smallest absolute Gasteiger partial charge is 0.162 e. The van der Waals surface area contributed by atoms with E-state index in [2.05, 4.69) is 107 Å². The standard InChI is InChI=1S/C35H28NOS.C13H24O2.Ir/c1-21-25-18-19-36-30(34(25)38-33(21)24-14-12-22(13-15-24)20-35(2,3)4)29-11-7-10-27-28-17-16-23-8-5-6-9-26(23)31(28)37-32(27)29;1-5-10(6-2)12(14)9-13(15)11(7-3)8-4;/h5-10,12-19H,20H2,1-4H3;9-11,14H,5-8H2,1-4H3;/q-1;;/b;12-9-;. The molecule has 0 fully saturated rings.